The molecular weight excluding hydrogens is 341 g/mol. The number of thiophene rings is 1. The molecule has 0 atom stereocenters. The molecule has 1 aromatic carbocycles. The Bertz CT molecular complexity index is 696. The zero-order valence-corrected chi connectivity index (χ0v) is 13.5. The molecule has 0 radical (unpaired) electrons. The Morgan fingerprint density at radius 3 is 2.40 bits per heavy atom. The van der Waals surface area contributed by atoms with Gasteiger partial charge in [-0.2, -0.15) is 0 Å². The van der Waals surface area contributed by atoms with E-state index < -0.39 is 10.0 Å². The predicted molar refractivity (Wildman–Crippen MR) is 81.4 cm³/mol. The summed E-state index contributed by atoms with van der Waals surface area (Å²) in [4.78, 5) is 0.00248. The van der Waals surface area contributed by atoms with Crippen LogP contribution in [0.15, 0.2) is 35.2 Å². The molecule has 1 aromatic heterocycles. The molecule has 108 valence electrons. The normalized spacial score (nSPS) is 11.6. The first-order valence-corrected chi connectivity index (χ1v) is 8.55. The summed E-state index contributed by atoms with van der Waals surface area (Å²) in [6.45, 7) is 0.163. The van der Waals surface area contributed by atoms with E-state index in [0.717, 1.165) is 16.9 Å². The van der Waals surface area contributed by atoms with Crippen molar-refractivity contribution < 1.29 is 13.2 Å². The molecule has 0 amide bonds. The minimum Gasteiger partial charge on any atom is -0.497 e. The van der Waals surface area contributed by atoms with Crippen LogP contribution >= 0.6 is 34.5 Å². The van der Waals surface area contributed by atoms with Gasteiger partial charge in [0.15, 0.2) is 0 Å². The van der Waals surface area contributed by atoms with Crippen LogP contribution in [0.25, 0.3) is 0 Å². The number of nitrogens with one attached hydrogen (secondary N) is 1. The van der Waals surface area contributed by atoms with E-state index in [2.05, 4.69) is 4.72 Å². The van der Waals surface area contributed by atoms with Gasteiger partial charge >= 0.3 is 0 Å². The van der Waals surface area contributed by atoms with Crippen LogP contribution in [-0.2, 0) is 16.6 Å². The lowest BCUT2D eigenvalue weighted by Gasteiger charge is -2.06. The molecule has 1 heterocycles. The minimum atomic E-state index is -3.67. The van der Waals surface area contributed by atoms with Gasteiger partial charge in [-0.25, -0.2) is 13.1 Å². The van der Waals surface area contributed by atoms with Crippen molar-refractivity contribution in [3.05, 3.63) is 44.6 Å². The van der Waals surface area contributed by atoms with Gasteiger partial charge in [-0.05, 0) is 23.8 Å². The number of rotatable bonds is 5. The molecule has 1 N–H and O–H groups in total. The minimum absolute atomic E-state index is 0.00248. The summed E-state index contributed by atoms with van der Waals surface area (Å²) in [5.74, 6) is 0.712. The van der Waals surface area contributed by atoms with Crippen molar-refractivity contribution in [2.45, 2.75) is 11.4 Å². The molecule has 0 aliphatic rings. The van der Waals surface area contributed by atoms with Crippen molar-refractivity contribution in [2.24, 2.45) is 0 Å². The van der Waals surface area contributed by atoms with Gasteiger partial charge in [0.2, 0.25) is 10.0 Å². The molecule has 2 rings (SSSR count). The van der Waals surface area contributed by atoms with Crippen LogP contribution in [0.4, 0.5) is 0 Å². The van der Waals surface area contributed by atoms with Gasteiger partial charge < -0.3 is 4.74 Å². The monoisotopic (exact) mass is 351 g/mol. The second-order valence-electron chi connectivity index (χ2n) is 3.86. The summed E-state index contributed by atoms with van der Waals surface area (Å²) in [7, 11) is -2.10. The lowest BCUT2D eigenvalue weighted by molar-refractivity contribution is 0.414. The lowest BCUT2D eigenvalue weighted by atomic mass is 10.2. The Hall–Kier alpha value is -0.790. The Morgan fingerprint density at radius 2 is 1.90 bits per heavy atom. The van der Waals surface area contributed by atoms with Crippen LogP contribution in [0, 0.1) is 0 Å². The molecule has 0 aliphatic carbocycles. The van der Waals surface area contributed by atoms with E-state index in [1.165, 1.54) is 6.07 Å². The van der Waals surface area contributed by atoms with E-state index in [4.69, 9.17) is 27.9 Å². The Labute approximate surface area is 131 Å². The van der Waals surface area contributed by atoms with Gasteiger partial charge in [0.05, 0.1) is 11.4 Å². The van der Waals surface area contributed by atoms with Crippen molar-refractivity contribution in [2.75, 3.05) is 7.11 Å². The predicted octanol–water partition coefficient (Wildman–Crippen LogP) is 3.54. The smallest absolute Gasteiger partial charge is 0.243 e. The van der Waals surface area contributed by atoms with Crippen LogP contribution in [0.1, 0.15) is 5.56 Å². The number of ether oxygens (including phenoxy) is 1. The largest absolute Gasteiger partial charge is 0.497 e. The van der Waals surface area contributed by atoms with E-state index in [-0.39, 0.29) is 15.8 Å². The maximum absolute atomic E-state index is 12.1. The molecular formula is C12H11Cl2NO3S2. The third-order valence-corrected chi connectivity index (χ3v) is 5.69. The molecule has 20 heavy (non-hydrogen) atoms. The summed E-state index contributed by atoms with van der Waals surface area (Å²) in [5.41, 5.74) is 0.812. The SMILES string of the molecule is COc1ccc(CNS(=O)(=O)c2cc(Cl)sc2Cl)cc1. The fraction of sp³-hybridized carbons (Fsp3) is 0.167. The summed E-state index contributed by atoms with van der Waals surface area (Å²) in [6, 6.07) is 8.42. The van der Waals surface area contributed by atoms with Crippen LogP contribution in [0.5, 0.6) is 5.75 Å². The zero-order valence-electron chi connectivity index (χ0n) is 10.4. The number of halogens is 2. The van der Waals surface area contributed by atoms with Crippen LogP contribution in [-0.4, -0.2) is 15.5 Å². The van der Waals surface area contributed by atoms with Crippen molar-refractivity contribution in [3.8, 4) is 5.75 Å². The maximum Gasteiger partial charge on any atom is 0.243 e. The van der Waals surface area contributed by atoms with Gasteiger partial charge in [0.25, 0.3) is 0 Å². The number of hydrogen-bond donors (Lipinski definition) is 1. The summed E-state index contributed by atoms with van der Waals surface area (Å²) < 4.78 is 32.2. The average Bonchev–Trinajstić information content (AvgIpc) is 2.77. The highest BCUT2D eigenvalue weighted by molar-refractivity contribution is 7.89. The molecule has 0 bridgehead atoms. The second kappa shape index (κ2) is 6.32. The van der Waals surface area contributed by atoms with E-state index in [1.807, 2.05) is 0 Å². The fourth-order valence-electron chi connectivity index (χ4n) is 1.51. The third kappa shape index (κ3) is 3.65. The molecule has 4 nitrogen and oxygen atoms in total. The van der Waals surface area contributed by atoms with E-state index in [0.29, 0.717) is 10.1 Å². The summed E-state index contributed by atoms with van der Waals surface area (Å²) in [6.07, 6.45) is 0. The number of sulfonamides is 1. The molecule has 8 heteroatoms. The van der Waals surface area contributed by atoms with Crippen LogP contribution in [0.2, 0.25) is 8.67 Å². The quantitative estimate of drug-likeness (QED) is 0.896. The molecule has 0 aliphatic heterocycles. The average molecular weight is 352 g/mol. The highest BCUT2D eigenvalue weighted by Crippen LogP contribution is 2.34. The van der Waals surface area contributed by atoms with Gasteiger partial charge in [0.1, 0.15) is 15.0 Å². The van der Waals surface area contributed by atoms with Crippen molar-refractivity contribution >= 4 is 44.6 Å². The van der Waals surface area contributed by atoms with Gasteiger partial charge in [-0.3, -0.25) is 0 Å². The van der Waals surface area contributed by atoms with Gasteiger partial charge in [-0.15, -0.1) is 11.3 Å². The van der Waals surface area contributed by atoms with E-state index in [9.17, 15) is 8.42 Å². The van der Waals surface area contributed by atoms with Crippen LogP contribution < -0.4 is 9.46 Å². The highest BCUT2D eigenvalue weighted by Gasteiger charge is 2.20. The van der Waals surface area contributed by atoms with Crippen LogP contribution in [0.3, 0.4) is 0 Å². The number of methoxy groups -OCH3 is 1. The topological polar surface area (TPSA) is 55.4 Å². The van der Waals surface area contributed by atoms with Crippen molar-refractivity contribution in [3.63, 3.8) is 0 Å². The van der Waals surface area contributed by atoms with E-state index >= 15 is 0 Å². The maximum atomic E-state index is 12.1. The number of benzene rings is 1. The molecule has 0 fully saturated rings. The molecule has 2 aromatic rings. The Kier molecular flexibility index (Phi) is 4.93. The number of hydrogen-bond acceptors (Lipinski definition) is 4. The van der Waals surface area contributed by atoms with Gasteiger partial charge in [0, 0.05) is 6.54 Å². The van der Waals surface area contributed by atoms with Gasteiger partial charge in [-0.1, -0.05) is 35.3 Å². The Balaban J connectivity index is 2.11. The standard InChI is InChI=1S/C12H11Cl2NO3S2/c1-18-9-4-2-8(3-5-9)7-15-20(16,17)10-6-11(13)19-12(10)14/h2-6,15H,7H2,1H3. The summed E-state index contributed by atoms with van der Waals surface area (Å²) >= 11 is 12.6. The Morgan fingerprint density at radius 1 is 1.25 bits per heavy atom. The zero-order chi connectivity index (χ0) is 14.8. The molecule has 0 spiro atoms. The highest BCUT2D eigenvalue weighted by atomic mass is 35.5. The van der Waals surface area contributed by atoms with E-state index in [1.54, 1.807) is 31.4 Å². The first kappa shape index (κ1) is 15.6. The fourth-order valence-corrected chi connectivity index (χ4v) is 4.67. The first-order valence-electron chi connectivity index (χ1n) is 5.50. The second-order valence-corrected chi connectivity index (χ2v) is 7.88. The third-order valence-electron chi connectivity index (χ3n) is 2.54. The van der Waals surface area contributed by atoms with Crippen molar-refractivity contribution in [1.29, 1.82) is 0 Å². The van der Waals surface area contributed by atoms with Crippen molar-refractivity contribution in [1.82, 2.24) is 4.72 Å². The lowest BCUT2D eigenvalue weighted by Crippen LogP contribution is -2.23. The molecule has 0 saturated carbocycles. The molecule has 0 saturated heterocycles. The summed E-state index contributed by atoms with van der Waals surface area (Å²) in [5, 5.41) is 0. The molecule has 0 unspecified atom stereocenters. The first-order chi connectivity index (χ1) is 9.42.